The monoisotopic (exact) mass is 403 g/mol. The minimum absolute atomic E-state index is 0.153. The van der Waals surface area contributed by atoms with Crippen LogP contribution in [0.5, 0.6) is 0 Å². The molecule has 4 aromatic rings. The highest BCUT2D eigenvalue weighted by molar-refractivity contribution is 5.90. The lowest BCUT2D eigenvalue weighted by molar-refractivity contribution is -0.116. The minimum atomic E-state index is -0.392. The molecule has 1 N–H and O–H groups in total. The van der Waals surface area contributed by atoms with Crippen molar-refractivity contribution in [3.63, 3.8) is 0 Å². The van der Waals surface area contributed by atoms with Gasteiger partial charge in [-0.1, -0.05) is 30.3 Å². The third-order valence-electron chi connectivity index (χ3n) is 5.26. The molecule has 5 nitrogen and oxygen atoms in total. The van der Waals surface area contributed by atoms with E-state index in [-0.39, 0.29) is 17.9 Å². The maximum absolute atomic E-state index is 13.7. The van der Waals surface area contributed by atoms with E-state index in [0.717, 1.165) is 16.5 Å². The van der Waals surface area contributed by atoms with Gasteiger partial charge in [0, 0.05) is 30.0 Å². The summed E-state index contributed by atoms with van der Waals surface area (Å²) in [5, 5.41) is 3.47. The lowest BCUT2D eigenvalue weighted by Gasteiger charge is -2.11. The van der Waals surface area contributed by atoms with Gasteiger partial charge in [-0.05, 0) is 54.8 Å². The van der Waals surface area contributed by atoms with Crippen LogP contribution in [-0.2, 0) is 17.9 Å². The van der Waals surface area contributed by atoms with Crippen molar-refractivity contribution in [2.75, 3.05) is 5.32 Å². The Morgan fingerprint density at radius 1 is 0.967 bits per heavy atom. The summed E-state index contributed by atoms with van der Waals surface area (Å²) >= 11 is 0. The zero-order chi connectivity index (χ0) is 21.3. The number of nitrogens with one attached hydrogen (secondary N) is 1. The average molecular weight is 403 g/mol. The topological polar surface area (TPSA) is 56.0 Å². The fourth-order valence-electron chi connectivity index (χ4n) is 3.50. The van der Waals surface area contributed by atoms with Crippen LogP contribution < -0.4 is 10.9 Å². The summed E-state index contributed by atoms with van der Waals surface area (Å²) in [5.74, 6) is -0.780. The maximum Gasteiger partial charge on any atom is 0.275 e. The number of carbonyl (C=O) groups excluding carboxylic acids is 1. The first-order valence-corrected chi connectivity index (χ1v) is 9.71. The number of amides is 1. The third kappa shape index (κ3) is 3.89. The number of aromatic nitrogens is 2. The van der Waals surface area contributed by atoms with E-state index >= 15 is 0 Å². The number of carbonyl (C=O) groups is 1. The molecule has 0 fully saturated rings. The van der Waals surface area contributed by atoms with E-state index in [2.05, 4.69) is 5.32 Å². The molecule has 0 aliphatic heterocycles. The van der Waals surface area contributed by atoms with E-state index in [1.165, 1.54) is 10.6 Å². The number of fused-ring (bicyclic) bond motifs is 1. The van der Waals surface area contributed by atoms with Crippen LogP contribution in [0.15, 0.2) is 71.8 Å². The number of benzene rings is 2. The summed E-state index contributed by atoms with van der Waals surface area (Å²) in [7, 11) is 0. The molecule has 4 rings (SSSR count). The summed E-state index contributed by atoms with van der Waals surface area (Å²) in [6, 6.07) is 16.3. The van der Waals surface area contributed by atoms with Crippen LogP contribution in [0, 0.1) is 19.7 Å². The molecule has 0 bridgehead atoms. The zero-order valence-corrected chi connectivity index (χ0v) is 16.9. The van der Waals surface area contributed by atoms with Crippen LogP contribution >= 0.6 is 0 Å². The Balaban J connectivity index is 1.60. The highest BCUT2D eigenvalue weighted by Gasteiger charge is 2.12. The second kappa shape index (κ2) is 7.99. The van der Waals surface area contributed by atoms with Gasteiger partial charge in [0.2, 0.25) is 5.91 Å². The summed E-state index contributed by atoms with van der Waals surface area (Å²) in [6.45, 7) is 4.11. The standard InChI is InChI=1S/C24H22FN3O2/c1-16-5-3-4-6-19(16)14-27-11-9-18-10-12-28(24(30)23(18)27)15-22(29)26-20-8-7-17(2)21(25)13-20/h3-13H,14-15H2,1-2H3,(H,26,29). The van der Waals surface area contributed by atoms with Crippen molar-refractivity contribution in [2.45, 2.75) is 26.9 Å². The summed E-state index contributed by atoms with van der Waals surface area (Å²) in [5.41, 5.74) is 3.46. The number of aryl methyl sites for hydroxylation is 2. The lowest BCUT2D eigenvalue weighted by atomic mass is 10.1. The second-order valence-corrected chi connectivity index (χ2v) is 7.44. The highest BCUT2D eigenvalue weighted by Crippen LogP contribution is 2.16. The van der Waals surface area contributed by atoms with Crippen molar-refractivity contribution < 1.29 is 9.18 Å². The predicted octanol–water partition coefficient (Wildman–Crippen LogP) is 4.25. The van der Waals surface area contributed by atoms with Gasteiger partial charge in [0.25, 0.3) is 5.56 Å². The van der Waals surface area contributed by atoms with Crippen molar-refractivity contribution in [3.8, 4) is 0 Å². The molecule has 2 aromatic heterocycles. The zero-order valence-electron chi connectivity index (χ0n) is 16.9. The Morgan fingerprint density at radius 3 is 2.43 bits per heavy atom. The van der Waals surface area contributed by atoms with Gasteiger partial charge in [-0.15, -0.1) is 0 Å². The first kappa shape index (κ1) is 19.6. The van der Waals surface area contributed by atoms with Gasteiger partial charge in [0.15, 0.2) is 0 Å². The Morgan fingerprint density at radius 2 is 1.70 bits per heavy atom. The number of rotatable bonds is 5. The molecule has 0 radical (unpaired) electrons. The van der Waals surface area contributed by atoms with Gasteiger partial charge in [-0.3, -0.25) is 9.59 Å². The van der Waals surface area contributed by atoms with E-state index in [1.54, 1.807) is 25.3 Å². The van der Waals surface area contributed by atoms with Gasteiger partial charge in [-0.2, -0.15) is 0 Å². The van der Waals surface area contributed by atoms with Crippen LogP contribution in [0.1, 0.15) is 16.7 Å². The molecule has 30 heavy (non-hydrogen) atoms. The van der Waals surface area contributed by atoms with Gasteiger partial charge in [0.1, 0.15) is 17.9 Å². The lowest BCUT2D eigenvalue weighted by Crippen LogP contribution is -2.28. The van der Waals surface area contributed by atoms with Crippen LogP contribution in [0.3, 0.4) is 0 Å². The van der Waals surface area contributed by atoms with E-state index in [0.29, 0.717) is 23.3 Å². The maximum atomic E-state index is 13.7. The number of anilines is 1. The van der Waals surface area contributed by atoms with Gasteiger partial charge < -0.3 is 14.5 Å². The van der Waals surface area contributed by atoms with E-state index in [4.69, 9.17) is 0 Å². The number of hydrogen-bond donors (Lipinski definition) is 1. The Hall–Kier alpha value is -3.67. The number of pyridine rings is 1. The van der Waals surface area contributed by atoms with Crippen molar-refractivity contribution in [1.82, 2.24) is 9.13 Å². The molecule has 0 saturated heterocycles. The quantitative estimate of drug-likeness (QED) is 0.542. The molecule has 1 amide bonds. The molecular weight excluding hydrogens is 381 g/mol. The Labute approximate surface area is 173 Å². The SMILES string of the molecule is Cc1ccc(NC(=O)Cn2ccc3ccn(Cc4ccccc4C)c3c2=O)cc1F. The molecule has 2 heterocycles. The van der Waals surface area contributed by atoms with E-state index in [1.807, 2.05) is 54.1 Å². The normalized spacial score (nSPS) is 11.0. The largest absolute Gasteiger partial charge is 0.339 e. The van der Waals surface area contributed by atoms with Crippen LogP contribution in [0.25, 0.3) is 10.9 Å². The van der Waals surface area contributed by atoms with Crippen molar-refractivity contribution in [3.05, 3.63) is 99.9 Å². The molecule has 0 saturated carbocycles. The summed E-state index contributed by atoms with van der Waals surface area (Å²) in [4.78, 5) is 25.5. The van der Waals surface area contributed by atoms with Crippen LogP contribution in [0.2, 0.25) is 0 Å². The van der Waals surface area contributed by atoms with Crippen LogP contribution in [0.4, 0.5) is 10.1 Å². The predicted molar refractivity (Wildman–Crippen MR) is 116 cm³/mol. The molecule has 0 atom stereocenters. The molecular formula is C24H22FN3O2. The van der Waals surface area contributed by atoms with Gasteiger partial charge in [0.05, 0.1) is 0 Å². The molecule has 0 aliphatic carbocycles. The molecule has 0 unspecified atom stereocenters. The number of nitrogens with zero attached hydrogens (tertiary/aromatic N) is 2. The molecule has 0 spiro atoms. The van der Waals surface area contributed by atoms with E-state index in [9.17, 15) is 14.0 Å². The second-order valence-electron chi connectivity index (χ2n) is 7.44. The highest BCUT2D eigenvalue weighted by atomic mass is 19.1. The Bertz CT molecular complexity index is 1300. The van der Waals surface area contributed by atoms with Gasteiger partial charge in [-0.25, -0.2) is 4.39 Å². The van der Waals surface area contributed by atoms with Crippen molar-refractivity contribution in [2.24, 2.45) is 0 Å². The first-order chi connectivity index (χ1) is 14.4. The Kier molecular flexibility index (Phi) is 5.23. The van der Waals surface area contributed by atoms with Crippen molar-refractivity contribution >= 4 is 22.5 Å². The number of halogens is 1. The van der Waals surface area contributed by atoms with E-state index < -0.39 is 5.91 Å². The van der Waals surface area contributed by atoms with Crippen molar-refractivity contribution in [1.29, 1.82) is 0 Å². The number of hydrogen-bond acceptors (Lipinski definition) is 2. The molecule has 6 heteroatoms. The molecule has 2 aromatic carbocycles. The van der Waals surface area contributed by atoms with Gasteiger partial charge >= 0.3 is 0 Å². The smallest absolute Gasteiger partial charge is 0.275 e. The molecule has 152 valence electrons. The fraction of sp³-hybridized carbons (Fsp3) is 0.167. The first-order valence-electron chi connectivity index (χ1n) is 9.71. The summed E-state index contributed by atoms with van der Waals surface area (Å²) < 4.78 is 17.0. The molecule has 0 aliphatic rings. The van der Waals surface area contributed by atoms with Crippen LogP contribution in [-0.4, -0.2) is 15.0 Å². The minimum Gasteiger partial charge on any atom is -0.339 e. The fourth-order valence-corrected chi connectivity index (χ4v) is 3.50. The third-order valence-corrected chi connectivity index (χ3v) is 5.26. The average Bonchev–Trinajstić information content (AvgIpc) is 3.12. The summed E-state index contributed by atoms with van der Waals surface area (Å²) in [6.07, 6.45) is 3.50.